The highest BCUT2D eigenvalue weighted by Crippen LogP contribution is 2.32. The molecular weight excluding hydrogens is 341 g/mol. The number of anilines is 2. The highest BCUT2D eigenvalue weighted by molar-refractivity contribution is 5.90. The predicted molar refractivity (Wildman–Crippen MR) is 108 cm³/mol. The molecule has 1 aliphatic rings. The maximum Gasteiger partial charge on any atom is 0.132 e. The number of aromatic nitrogens is 1. The largest absolute Gasteiger partial charge is 0.384 e. The third kappa shape index (κ3) is 3.60. The summed E-state index contributed by atoms with van der Waals surface area (Å²) in [6, 6.07) is 14.8. The molecule has 2 heterocycles. The number of hydrogen-bond donors (Lipinski definition) is 1. The smallest absolute Gasteiger partial charge is 0.132 e. The van der Waals surface area contributed by atoms with Crippen LogP contribution in [-0.2, 0) is 4.74 Å². The van der Waals surface area contributed by atoms with E-state index < -0.39 is 0 Å². The van der Waals surface area contributed by atoms with Crippen LogP contribution in [0.3, 0.4) is 0 Å². The normalized spacial score (nSPS) is 15.4. The molecule has 2 aromatic carbocycles. The van der Waals surface area contributed by atoms with E-state index in [0.717, 1.165) is 49.1 Å². The standard InChI is InChI=1S/C22H24FN3O/c1-27-14-15-8-10-26(11-9-15)17-7-6-16-12-19(22(24)25-21(16)13-17)18-4-2-3-5-20(18)23/h2-7,12-13,15H,8-11,14H2,1H3,(H2,24,25). The molecule has 140 valence electrons. The molecule has 1 saturated heterocycles. The molecule has 4 nitrogen and oxygen atoms in total. The minimum Gasteiger partial charge on any atom is -0.384 e. The summed E-state index contributed by atoms with van der Waals surface area (Å²) in [7, 11) is 1.77. The summed E-state index contributed by atoms with van der Waals surface area (Å²) in [5.41, 5.74) is 9.27. The van der Waals surface area contributed by atoms with E-state index in [1.54, 1.807) is 25.3 Å². The Morgan fingerprint density at radius 3 is 2.63 bits per heavy atom. The number of pyridine rings is 1. The summed E-state index contributed by atoms with van der Waals surface area (Å²) in [4.78, 5) is 6.94. The van der Waals surface area contributed by atoms with Crippen molar-refractivity contribution >= 4 is 22.4 Å². The Balaban J connectivity index is 1.63. The zero-order chi connectivity index (χ0) is 18.8. The zero-order valence-electron chi connectivity index (χ0n) is 15.5. The second-order valence-corrected chi connectivity index (χ2v) is 7.16. The third-order valence-corrected chi connectivity index (χ3v) is 5.38. The molecule has 1 aliphatic heterocycles. The summed E-state index contributed by atoms with van der Waals surface area (Å²) in [5, 5.41) is 0.959. The van der Waals surface area contributed by atoms with E-state index in [0.29, 0.717) is 22.9 Å². The molecule has 1 fully saturated rings. The Labute approximate surface area is 158 Å². The van der Waals surface area contributed by atoms with Crippen LogP contribution in [0, 0.1) is 11.7 Å². The lowest BCUT2D eigenvalue weighted by atomic mass is 9.97. The van der Waals surface area contributed by atoms with Crippen LogP contribution in [0.25, 0.3) is 22.0 Å². The number of halogens is 1. The van der Waals surface area contributed by atoms with Gasteiger partial charge in [-0.2, -0.15) is 0 Å². The van der Waals surface area contributed by atoms with Gasteiger partial charge >= 0.3 is 0 Å². The first-order valence-corrected chi connectivity index (χ1v) is 9.35. The van der Waals surface area contributed by atoms with Crippen LogP contribution in [-0.4, -0.2) is 31.8 Å². The van der Waals surface area contributed by atoms with Gasteiger partial charge in [-0.1, -0.05) is 24.3 Å². The van der Waals surface area contributed by atoms with E-state index in [1.807, 2.05) is 12.1 Å². The highest BCUT2D eigenvalue weighted by Gasteiger charge is 2.20. The van der Waals surface area contributed by atoms with Crippen molar-refractivity contribution in [1.29, 1.82) is 0 Å². The van der Waals surface area contributed by atoms with Gasteiger partial charge in [-0.15, -0.1) is 0 Å². The Morgan fingerprint density at radius 1 is 1.11 bits per heavy atom. The number of nitrogens with two attached hydrogens (primary N) is 1. The first-order valence-electron chi connectivity index (χ1n) is 9.35. The van der Waals surface area contributed by atoms with E-state index in [4.69, 9.17) is 10.5 Å². The Bertz CT molecular complexity index is 951. The molecule has 27 heavy (non-hydrogen) atoms. The average Bonchev–Trinajstić information content (AvgIpc) is 2.68. The molecule has 2 N–H and O–H groups in total. The quantitative estimate of drug-likeness (QED) is 0.740. The highest BCUT2D eigenvalue weighted by atomic mass is 19.1. The fourth-order valence-corrected chi connectivity index (χ4v) is 3.86. The van der Waals surface area contributed by atoms with Gasteiger partial charge in [0.2, 0.25) is 0 Å². The first kappa shape index (κ1) is 17.7. The van der Waals surface area contributed by atoms with Crippen LogP contribution in [0.5, 0.6) is 0 Å². The average molecular weight is 365 g/mol. The SMILES string of the molecule is COCC1CCN(c2ccc3cc(-c4ccccc4F)c(N)nc3c2)CC1. The number of rotatable bonds is 4. The van der Waals surface area contributed by atoms with E-state index in [-0.39, 0.29) is 5.82 Å². The molecule has 1 aromatic heterocycles. The summed E-state index contributed by atoms with van der Waals surface area (Å²) in [5.74, 6) is 0.702. The van der Waals surface area contributed by atoms with E-state index in [1.165, 1.54) is 6.07 Å². The molecule has 0 radical (unpaired) electrons. The van der Waals surface area contributed by atoms with Gasteiger partial charge in [-0.25, -0.2) is 9.37 Å². The Morgan fingerprint density at radius 2 is 1.89 bits per heavy atom. The second kappa shape index (κ2) is 7.53. The molecule has 0 spiro atoms. The Kier molecular flexibility index (Phi) is 4.94. The van der Waals surface area contributed by atoms with Gasteiger partial charge < -0.3 is 15.4 Å². The molecule has 0 aliphatic carbocycles. The van der Waals surface area contributed by atoms with Crippen molar-refractivity contribution in [2.75, 3.05) is 37.4 Å². The van der Waals surface area contributed by atoms with Crippen molar-refractivity contribution in [2.45, 2.75) is 12.8 Å². The van der Waals surface area contributed by atoms with Crippen molar-refractivity contribution < 1.29 is 9.13 Å². The van der Waals surface area contributed by atoms with Crippen LogP contribution in [0.2, 0.25) is 0 Å². The lowest BCUT2D eigenvalue weighted by Crippen LogP contribution is -2.34. The van der Waals surface area contributed by atoms with Crippen LogP contribution in [0.1, 0.15) is 12.8 Å². The van der Waals surface area contributed by atoms with E-state index >= 15 is 0 Å². The fourth-order valence-electron chi connectivity index (χ4n) is 3.86. The van der Waals surface area contributed by atoms with Gasteiger partial charge in [-0.05, 0) is 43.0 Å². The van der Waals surface area contributed by atoms with Crippen molar-refractivity contribution in [3.05, 3.63) is 54.3 Å². The summed E-state index contributed by atoms with van der Waals surface area (Å²) >= 11 is 0. The number of nitrogens with zero attached hydrogens (tertiary/aromatic N) is 2. The number of piperidine rings is 1. The van der Waals surface area contributed by atoms with Crippen molar-refractivity contribution in [3.63, 3.8) is 0 Å². The summed E-state index contributed by atoms with van der Waals surface area (Å²) in [6.45, 7) is 2.87. The minimum absolute atomic E-state index is 0.291. The summed E-state index contributed by atoms with van der Waals surface area (Å²) < 4.78 is 19.4. The van der Waals surface area contributed by atoms with Gasteiger partial charge in [0.05, 0.1) is 5.52 Å². The first-order chi connectivity index (χ1) is 13.2. The van der Waals surface area contributed by atoms with E-state index in [9.17, 15) is 4.39 Å². The molecule has 3 aromatic rings. The van der Waals surface area contributed by atoms with Crippen LogP contribution in [0.15, 0.2) is 48.5 Å². The maximum atomic E-state index is 14.1. The van der Waals surface area contributed by atoms with Gasteiger partial charge in [0, 0.05) is 49.0 Å². The van der Waals surface area contributed by atoms with Crippen LogP contribution < -0.4 is 10.6 Å². The van der Waals surface area contributed by atoms with E-state index in [2.05, 4.69) is 22.0 Å². The molecule has 5 heteroatoms. The summed E-state index contributed by atoms with van der Waals surface area (Å²) in [6.07, 6.45) is 2.27. The lowest BCUT2D eigenvalue weighted by molar-refractivity contribution is 0.139. The number of hydrogen-bond acceptors (Lipinski definition) is 4. The number of ether oxygens (including phenoxy) is 1. The fraction of sp³-hybridized carbons (Fsp3) is 0.318. The third-order valence-electron chi connectivity index (χ3n) is 5.38. The van der Waals surface area contributed by atoms with Gasteiger partial charge in [0.25, 0.3) is 0 Å². The maximum absolute atomic E-state index is 14.1. The number of fused-ring (bicyclic) bond motifs is 1. The molecule has 0 bridgehead atoms. The molecule has 0 atom stereocenters. The predicted octanol–water partition coefficient (Wildman–Crippen LogP) is 4.49. The van der Waals surface area contributed by atoms with Crippen molar-refractivity contribution in [2.24, 2.45) is 5.92 Å². The second-order valence-electron chi connectivity index (χ2n) is 7.16. The Hall–Kier alpha value is -2.66. The van der Waals surface area contributed by atoms with Crippen molar-refractivity contribution in [3.8, 4) is 11.1 Å². The lowest BCUT2D eigenvalue weighted by Gasteiger charge is -2.33. The molecule has 0 unspecified atom stereocenters. The number of benzene rings is 2. The zero-order valence-corrected chi connectivity index (χ0v) is 15.5. The molecule has 4 rings (SSSR count). The van der Waals surface area contributed by atoms with Crippen LogP contribution in [0.4, 0.5) is 15.9 Å². The monoisotopic (exact) mass is 365 g/mol. The molecule has 0 saturated carbocycles. The number of methoxy groups -OCH3 is 1. The molecule has 0 amide bonds. The number of nitrogen functional groups attached to an aromatic ring is 1. The van der Waals surface area contributed by atoms with Crippen molar-refractivity contribution in [1.82, 2.24) is 4.98 Å². The van der Waals surface area contributed by atoms with Gasteiger partial charge in [0.1, 0.15) is 11.6 Å². The minimum atomic E-state index is -0.291. The molecular formula is C22H24FN3O. The van der Waals surface area contributed by atoms with Crippen LogP contribution >= 0.6 is 0 Å². The topological polar surface area (TPSA) is 51.4 Å². The van der Waals surface area contributed by atoms with Gasteiger partial charge in [0.15, 0.2) is 0 Å². The van der Waals surface area contributed by atoms with Gasteiger partial charge in [-0.3, -0.25) is 0 Å².